The van der Waals surface area contributed by atoms with Crippen molar-refractivity contribution in [3.8, 4) is 11.1 Å². The molecule has 0 unspecified atom stereocenters. The van der Waals surface area contributed by atoms with E-state index >= 15 is 0 Å². The van der Waals surface area contributed by atoms with Gasteiger partial charge in [-0.3, -0.25) is 0 Å². The molecular weight excluding hydrogens is 504 g/mol. The van der Waals surface area contributed by atoms with Crippen LogP contribution < -0.4 is 0 Å². The standard InChI is InChI=1S/C42H67/c1-3-5-7-9-11-13-15-16-17-18-19-20-22-24-26-28-31-40-32-29-33-42(38-40)41-36-34-39(35-37-41)30-27-25-23-21-14-12-10-8-6-4-2/h27,29-30,32,34-38H,3-26,28,31H2,1-2H3. The summed E-state index contributed by atoms with van der Waals surface area (Å²) in [5, 5.41) is 0. The van der Waals surface area contributed by atoms with Crippen molar-refractivity contribution in [3.05, 3.63) is 65.7 Å². The van der Waals surface area contributed by atoms with E-state index in [0.717, 1.165) is 0 Å². The van der Waals surface area contributed by atoms with Crippen molar-refractivity contribution < 1.29 is 0 Å². The molecule has 0 spiro atoms. The highest BCUT2D eigenvalue weighted by molar-refractivity contribution is 5.65. The van der Waals surface area contributed by atoms with Gasteiger partial charge in [0.05, 0.1) is 0 Å². The lowest BCUT2D eigenvalue weighted by Crippen LogP contribution is -1.88. The van der Waals surface area contributed by atoms with Crippen LogP contribution in [0.15, 0.2) is 48.5 Å². The molecule has 2 aromatic carbocycles. The molecule has 2 aromatic rings. The molecule has 0 aromatic heterocycles. The van der Waals surface area contributed by atoms with Crippen LogP contribution in [-0.4, -0.2) is 0 Å². The maximum atomic E-state index is 3.47. The van der Waals surface area contributed by atoms with Crippen LogP contribution in [0.3, 0.4) is 0 Å². The quantitative estimate of drug-likeness (QED) is 0.0891. The van der Waals surface area contributed by atoms with Crippen LogP contribution in [0.4, 0.5) is 0 Å². The first kappa shape index (κ1) is 36.4. The highest BCUT2D eigenvalue weighted by Crippen LogP contribution is 2.22. The molecular formula is C42H67. The largest absolute Gasteiger partial charge is 0.0839 e. The van der Waals surface area contributed by atoms with Gasteiger partial charge in [-0.1, -0.05) is 210 Å². The zero-order valence-corrected chi connectivity index (χ0v) is 28.1. The number of allylic oxidation sites excluding steroid dienone is 1. The zero-order valence-electron chi connectivity index (χ0n) is 28.1. The van der Waals surface area contributed by atoms with E-state index in [9.17, 15) is 0 Å². The number of benzene rings is 2. The lowest BCUT2D eigenvalue weighted by Gasteiger charge is -2.07. The number of hydrogen-bond acceptors (Lipinski definition) is 0. The number of hydrogen-bond donors (Lipinski definition) is 0. The summed E-state index contributed by atoms with van der Waals surface area (Å²) in [6, 6.07) is 19.3. The molecule has 0 atom stereocenters. The van der Waals surface area contributed by atoms with Crippen LogP contribution in [0, 0.1) is 6.07 Å². The Morgan fingerprint density at radius 1 is 0.500 bits per heavy atom. The summed E-state index contributed by atoms with van der Waals surface area (Å²) >= 11 is 0. The molecule has 1 radical (unpaired) electrons. The van der Waals surface area contributed by atoms with Crippen LogP contribution in [0.5, 0.6) is 0 Å². The minimum absolute atomic E-state index is 1.19. The molecule has 0 N–H and O–H groups in total. The molecule has 235 valence electrons. The fraction of sp³-hybridized carbons (Fsp3) is 0.667. The van der Waals surface area contributed by atoms with Gasteiger partial charge in [0.2, 0.25) is 0 Å². The van der Waals surface area contributed by atoms with Crippen molar-refractivity contribution in [3.63, 3.8) is 0 Å². The average molecular weight is 572 g/mol. The highest BCUT2D eigenvalue weighted by atomic mass is 14.1. The second kappa shape index (κ2) is 26.8. The van der Waals surface area contributed by atoms with Crippen LogP contribution in [0.2, 0.25) is 0 Å². The van der Waals surface area contributed by atoms with E-state index in [1.54, 1.807) is 0 Å². The first-order valence-electron chi connectivity index (χ1n) is 18.6. The summed E-state index contributed by atoms with van der Waals surface area (Å²) in [6.07, 6.45) is 41.0. The molecule has 2 rings (SSSR count). The van der Waals surface area contributed by atoms with Crippen LogP contribution in [0.25, 0.3) is 17.2 Å². The van der Waals surface area contributed by atoms with Gasteiger partial charge in [0, 0.05) is 0 Å². The van der Waals surface area contributed by atoms with Crippen molar-refractivity contribution in [1.82, 2.24) is 0 Å². The maximum Gasteiger partial charge on any atom is -0.00990 e. The molecule has 0 bridgehead atoms. The van der Waals surface area contributed by atoms with Crippen molar-refractivity contribution in [1.29, 1.82) is 0 Å². The third-order valence-corrected chi connectivity index (χ3v) is 8.94. The SMILES string of the molecule is CCCCCCCCCCC=Cc1ccc(-c2[c]ccc(CCCCCCCCCCCCCCCCCC)c2)cc1. The molecule has 0 amide bonds. The third kappa shape index (κ3) is 19.4. The van der Waals surface area contributed by atoms with E-state index in [-0.39, 0.29) is 0 Å². The normalized spacial score (nSPS) is 11.6. The smallest absolute Gasteiger partial charge is 0.00990 e. The summed E-state index contributed by atoms with van der Waals surface area (Å²) in [6.45, 7) is 4.59. The van der Waals surface area contributed by atoms with Gasteiger partial charge in [0.25, 0.3) is 0 Å². The van der Waals surface area contributed by atoms with Gasteiger partial charge in [-0.2, -0.15) is 0 Å². The van der Waals surface area contributed by atoms with E-state index in [2.05, 4.69) is 74.5 Å². The molecule has 0 saturated carbocycles. The second-order valence-electron chi connectivity index (χ2n) is 13.0. The Morgan fingerprint density at radius 3 is 1.45 bits per heavy atom. The lowest BCUT2D eigenvalue weighted by molar-refractivity contribution is 0.529. The Balaban J connectivity index is 1.50. The minimum Gasteiger partial charge on any atom is -0.0839 e. The first-order chi connectivity index (χ1) is 20.8. The molecule has 0 aliphatic rings. The van der Waals surface area contributed by atoms with Gasteiger partial charge >= 0.3 is 0 Å². The van der Waals surface area contributed by atoms with Crippen LogP contribution in [0.1, 0.15) is 185 Å². The van der Waals surface area contributed by atoms with E-state index in [0.29, 0.717) is 0 Å². The van der Waals surface area contributed by atoms with Crippen molar-refractivity contribution in [2.24, 2.45) is 0 Å². The number of rotatable bonds is 28. The molecule has 0 saturated heterocycles. The Morgan fingerprint density at radius 2 is 0.952 bits per heavy atom. The summed E-state index contributed by atoms with van der Waals surface area (Å²) in [5.41, 5.74) is 5.29. The van der Waals surface area contributed by atoms with Gasteiger partial charge in [-0.15, -0.1) is 0 Å². The maximum absolute atomic E-state index is 3.47. The topological polar surface area (TPSA) is 0 Å². The Labute approximate surface area is 263 Å². The van der Waals surface area contributed by atoms with Gasteiger partial charge in [-0.05, 0) is 54.0 Å². The lowest BCUT2D eigenvalue weighted by atomic mass is 9.98. The Hall–Kier alpha value is -1.82. The van der Waals surface area contributed by atoms with Crippen LogP contribution in [-0.2, 0) is 6.42 Å². The monoisotopic (exact) mass is 572 g/mol. The molecule has 0 heterocycles. The van der Waals surface area contributed by atoms with E-state index in [4.69, 9.17) is 0 Å². The fourth-order valence-electron chi connectivity index (χ4n) is 6.10. The molecule has 0 fully saturated rings. The van der Waals surface area contributed by atoms with E-state index in [1.165, 1.54) is 189 Å². The summed E-state index contributed by atoms with van der Waals surface area (Å²) < 4.78 is 0. The third-order valence-electron chi connectivity index (χ3n) is 8.94. The summed E-state index contributed by atoms with van der Waals surface area (Å²) in [4.78, 5) is 0. The van der Waals surface area contributed by atoms with Crippen molar-refractivity contribution >= 4 is 6.08 Å². The minimum atomic E-state index is 1.19. The van der Waals surface area contributed by atoms with Crippen molar-refractivity contribution in [2.75, 3.05) is 0 Å². The van der Waals surface area contributed by atoms with Gasteiger partial charge in [0.1, 0.15) is 0 Å². The molecule has 0 heteroatoms. The average Bonchev–Trinajstić information content (AvgIpc) is 3.02. The molecule has 42 heavy (non-hydrogen) atoms. The van der Waals surface area contributed by atoms with Gasteiger partial charge < -0.3 is 0 Å². The summed E-state index contributed by atoms with van der Waals surface area (Å²) in [5.74, 6) is 0. The van der Waals surface area contributed by atoms with Gasteiger partial charge in [0.15, 0.2) is 0 Å². The predicted molar refractivity (Wildman–Crippen MR) is 190 cm³/mol. The Kier molecular flexibility index (Phi) is 23.2. The second-order valence-corrected chi connectivity index (χ2v) is 13.0. The van der Waals surface area contributed by atoms with E-state index in [1.807, 2.05) is 0 Å². The molecule has 0 aliphatic carbocycles. The van der Waals surface area contributed by atoms with Crippen LogP contribution >= 0.6 is 0 Å². The number of unbranched alkanes of at least 4 members (excludes halogenated alkanes) is 23. The fourth-order valence-corrected chi connectivity index (χ4v) is 6.10. The number of aryl methyl sites for hydroxylation is 1. The predicted octanol–water partition coefficient (Wildman–Crippen LogP) is 14.5. The summed E-state index contributed by atoms with van der Waals surface area (Å²) in [7, 11) is 0. The van der Waals surface area contributed by atoms with Gasteiger partial charge in [-0.25, -0.2) is 0 Å². The highest BCUT2D eigenvalue weighted by Gasteiger charge is 2.01. The zero-order chi connectivity index (χ0) is 29.8. The van der Waals surface area contributed by atoms with Crippen molar-refractivity contribution in [2.45, 2.75) is 181 Å². The Bertz CT molecular complexity index is 873. The molecule has 0 nitrogen and oxygen atoms in total. The van der Waals surface area contributed by atoms with E-state index < -0.39 is 0 Å². The molecule has 0 aliphatic heterocycles. The first-order valence-corrected chi connectivity index (χ1v) is 18.6.